The van der Waals surface area contributed by atoms with Crippen LogP contribution in [0.2, 0.25) is 0 Å². The summed E-state index contributed by atoms with van der Waals surface area (Å²) in [5.74, 6) is -0.203. The number of aliphatic hydroxyl groups excluding tert-OH is 1. The van der Waals surface area contributed by atoms with Crippen molar-refractivity contribution < 1.29 is 14.2 Å². The van der Waals surface area contributed by atoms with Gasteiger partial charge in [-0.3, -0.25) is 4.90 Å². The third-order valence-electron chi connectivity index (χ3n) is 3.65. The first-order valence-electron chi connectivity index (χ1n) is 7.57. The molecule has 2 rings (SSSR count). The standard InChI is InChI=1S/C16H25FN2O2/c1-13(2)21-12-16(20)11-18-7-9-19(10-8-18)15-5-3-14(17)4-6-15/h3-6,13,16,20H,7-12H2,1-2H3/t16-/m0/s1. The summed E-state index contributed by atoms with van der Waals surface area (Å²) in [4.78, 5) is 4.49. The highest BCUT2D eigenvalue weighted by Crippen LogP contribution is 2.17. The molecule has 118 valence electrons. The van der Waals surface area contributed by atoms with Gasteiger partial charge in [-0.1, -0.05) is 0 Å². The van der Waals surface area contributed by atoms with Crippen LogP contribution in [0.4, 0.5) is 10.1 Å². The Morgan fingerprint density at radius 2 is 1.76 bits per heavy atom. The molecule has 0 aromatic heterocycles. The van der Waals surface area contributed by atoms with Gasteiger partial charge in [0.05, 0.1) is 18.8 Å². The van der Waals surface area contributed by atoms with Crippen molar-refractivity contribution >= 4 is 5.69 Å². The lowest BCUT2D eigenvalue weighted by atomic mass is 10.2. The fourth-order valence-corrected chi connectivity index (χ4v) is 2.49. The molecule has 1 atom stereocenters. The maximum atomic E-state index is 12.9. The minimum Gasteiger partial charge on any atom is -0.389 e. The summed E-state index contributed by atoms with van der Waals surface area (Å²) in [7, 11) is 0. The molecule has 21 heavy (non-hydrogen) atoms. The number of anilines is 1. The van der Waals surface area contributed by atoms with E-state index in [1.165, 1.54) is 12.1 Å². The van der Waals surface area contributed by atoms with E-state index < -0.39 is 6.10 Å². The summed E-state index contributed by atoms with van der Waals surface area (Å²) >= 11 is 0. The van der Waals surface area contributed by atoms with E-state index in [1.54, 1.807) is 0 Å². The van der Waals surface area contributed by atoms with Crippen LogP contribution in [0, 0.1) is 5.82 Å². The molecular weight excluding hydrogens is 271 g/mol. The highest BCUT2D eigenvalue weighted by Gasteiger charge is 2.19. The van der Waals surface area contributed by atoms with Gasteiger partial charge >= 0.3 is 0 Å². The summed E-state index contributed by atoms with van der Waals surface area (Å²) < 4.78 is 18.3. The van der Waals surface area contributed by atoms with Crippen molar-refractivity contribution in [1.29, 1.82) is 0 Å². The maximum absolute atomic E-state index is 12.9. The molecule has 0 saturated carbocycles. The fraction of sp³-hybridized carbons (Fsp3) is 0.625. The van der Waals surface area contributed by atoms with Crippen LogP contribution in [0.5, 0.6) is 0 Å². The van der Waals surface area contributed by atoms with Crippen LogP contribution in [0.3, 0.4) is 0 Å². The van der Waals surface area contributed by atoms with E-state index in [-0.39, 0.29) is 11.9 Å². The predicted octanol–water partition coefficient (Wildman–Crippen LogP) is 1.73. The van der Waals surface area contributed by atoms with Crippen LogP contribution >= 0.6 is 0 Å². The second-order valence-electron chi connectivity index (χ2n) is 5.80. The Balaban J connectivity index is 1.74. The number of benzene rings is 1. The SMILES string of the molecule is CC(C)OC[C@@H](O)CN1CCN(c2ccc(F)cc2)CC1. The van der Waals surface area contributed by atoms with Crippen LogP contribution in [-0.4, -0.2) is 61.5 Å². The second-order valence-corrected chi connectivity index (χ2v) is 5.80. The van der Waals surface area contributed by atoms with Crippen molar-refractivity contribution in [3.63, 3.8) is 0 Å². The molecule has 1 fully saturated rings. The second kappa shape index (κ2) is 7.73. The van der Waals surface area contributed by atoms with Gasteiger partial charge in [0.2, 0.25) is 0 Å². The number of hydrogen-bond acceptors (Lipinski definition) is 4. The smallest absolute Gasteiger partial charge is 0.123 e. The summed E-state index contributed by atoms with van der Waals surface area (Å²) in [6, 6.07) is 6.62. The molecule has 0 bridgehead atoms. The normalized spacial score (nSPS) is 18.2. The van der Waals surface area contributed by atoms with Crippen LogP contribution in [-0.2, 0) is 4.74 Å². The quantitative estimate of drug-likeness (QED) is 0.867. The molecule has 0 amide bonds. The van der Waals surface area contributed by atoms with Crippen molar-refractivity contribution in [2.75, 3.05) is 44.2 Å². The molecule has 1 saturated heterocycles. The molecular formula is C16H25FN2O2. The van der Waals surface area contributed by atoms with Gasteiger partial charge < -0.3 is 14.7 Å². The molecule has 1 aliphatic heterocycles. The van der Waals surface area contributed by atoms with Gasteiger partial charge in [-0.15, -0.1) is 0 Å². The first kappa shape index (κ1) is 16.2. The fourth-order valence-electron chi connectivity index (χ4n) is 2.49. The number of rotatable bonds is 6. The van der Waals surface area contributed by atoms with Gasteiger partial charge in [0.1, 0.15) is 5.82 Å². The van der Waals surface area contributed by atoms with Gasteiger partial charge in [-0.2, -0.15) is 0 Å². The third-order valence-corrected chi connectivity index (χ3v) is 3.65. The van der Waals surface area contributed by atoms with Gasteiger partial charge in [0.15, 0.2) is 0 Å². The highest BCUT2D eigenvalue weighted by atomic mass is 19.1. The Morgan fingerprint density at radius 1 is 1.14 bits per heavy atom. The molecule has 1 aliphatic rings. The summed E-state index contributed by atoms with van der Waals surface area (Å²) in [6.07, 6.45) is -0.292. The van der Waals surface area contributed by atoms with Crippen molar-refractivity contribution in [2.45, 2.75) is 26.1 Å². The minimum absolute atomic E-state index is 0.148. The summed E-state index contributed by atoms with van der Waals surface area (Å²) in [6.45, 7) is 8.54. The number of halogens is 1. The Morgan fingerprint density at radius 3 is 2.33 bits per heavy atom. The molecule has 0 unspecified atom stereocenters. The zero-order valence-corrected chi connectivity index (χ0v) is 12.8. The Hall–Kier alpha value is -1.17. The lowest BCUT2D eigenvalue weighted by Gasteiger charge is -2.36. The van der Waals surface area contributed by atoms with E-state index in [9.17, 15) is 9.50 Å². The molecule has 0 radical (unpaired) electrons. The lowest BCUT2D eigenvalue weighted by molar-refractivity contribution is -0.00899. The zero-order chi connectivity index (χ0) is 15.2. The zero-order valence-electron chi connectivity index (χ0n) is 12.8. The highest BCUT2D eigenvalue weighted by molar-refractivity contribution is 5.46. The van der Waals surface area contributed by atoms with Crippen LogP contribution in [0.1, 0.15) is 13.8 Å². The largest absolute Gasteiger partial charge is 0.389 e. The minimum atomic E-state index is -0.440. The van der Waals surface area contributed by atoms with Crippen molar-refractivity contribution in [1.82, 2.24) is 4.90 Å². The van der Waals surface area contributed by atoms with Crippen LogP contribution in [0.25, 0.3) is 0 Å². The first-order chi connectivity index (χ1) is 10.0. The van der Waals surface area contributed by atoms with Crippen molar-refractivity contribution in [2.24, 2.45) is 0 Å². The van der Waals surface area contributed by atoms with Crippen molar-refractivity contribution in [3.8, 4) is 0 Å². The molecule has 0 spiro atoms. The van der Waals surface area contributed by atoms with E-state index in [0.29, 0.717) is 13.2 Å². The third kappa shape index (κ3) is 5.26. The molecule has 1 aromatic carbocycles. The predicted molar refractivity (Wildman–Crippen MR) is 82.1 cm³/mol. The molecule has 4 nitrogen and oxygen atoms in total. The molecule has 5 heteroatoms. The molecule has 1 aromatic rings. The monoisotopic (exact) mass is 296 g/mol. The molecule has 0 aliphatic carbocycles. The van der Waals surface area contributed by atoms with Crippen LogP contribution in [0.15, 0.2) is 24.3 Å². The maximum Gasteiger partial charge on any atom is 0.123 e. The van der Waals surface area contributed by atoms with E-state index in [2.05, 4.69) is 9.80 Å². The van der Waals surface area contributed by atoms with Gasteiger partial charge in [-0.25, -0.2) is 4.39 Å². The van der Waals surface area contributed by atoms with E-state index in [4.69, 9.17) is 4.74 Å². The Labute approximate surface area is 126 Å². The van der Waals surface area contributed by atoms with Gasteiger partial charge in [0, 0.05) is 38.4 Å². The molecule has 1 heterocycles. The van der Waals surface area contributed by atoms with E-state index >= 15 is 0 Å². The van der Waals surface area contributed by atoms with Crippen molar-refractivity contribution in [3.05, 3.63) is 30.1 Å². The number of β-amino-alcohol motifs (C(OH)–C–C–N with tert-alkyl or cyclic N) is 1. The molecule has 1 N–H and O–H groups in total. The first-order valence-corrected chi connectivity index (χ1v) is 7.57. The van der Waals surface area contributed by atoms with Gasteiger partial charge in [-0.05, 0) is 38.1 Å². The van der Waals surface area contributed by atoms with Gasteiger partial charge in [0.25, 0.3) is 0 Å². The Kier molecular flexibility index (Phi) is 5.96. The summed E-state index contributed by atoms with van der Waals surface area (Å²) in [5, 5.41) is 9.94. The number of ether oxygens (including phenoxy) is 1. The number of hydrogen-bond donors (Lipinski definition) is 1. The number of piperazine rings is 1. The Bertz CT molecular complexity index is 417. The number of aliphatic hydroxyl groups is 1. The average molecular weight is 296 g/mol. The average Bonchev–Trinajstić information content (AvgIpc) is 2.47. The number of nitrogens with zero attached hydrogens (tertiary/aromatic N) is 2. The lowest BCUT2D eigenvalue weighted by Crippen LogP contribution is -2.49. The van der Waals surface area contributed by atoms with E-state index in [1.807, 2.05) is 26.0 Å². The summed E-state index contributed by atoms with van der Waals surface area (Å²) in [5.41, 5.74) is 1.06. The topological polar surface area (TPSA) is 35.9 Å². The van der Waals surface area contributed by atoms with Crippen LogP contribution < -0.4 is 4.90 Å². The van der Waals surface area contributed by atoms with E-state index in [0.717, 1.165) is 31.9 Å².